The van der Waals surface area contributed by atoms with E-state index in [1.807, 2.05) is 0 Å². The number of rotatable bonds is 7. The van der Waals surface area contributed by atoms with Crippen molar-refractivity contribution in [2.45, 2.75) is 5.38 Å². The van der Waals surface area contributed by atoms with Gasteiger partial charge in [-0.1, -0.05) is 6.07 Å². The highest BCUT2D eigenvalue weighted by molar-refractivity contribution is 6.21. The highest BCUT2D eigenvalue weighted by Gasteiger charge is 2.22. The number of hydrogen-bond acceptors (Lipinski definition) is 5. The third-order valence-electron chi connectivity index (χ3n) is 2.47. The molecule has 1 aromatic rings. The van der Waals surface area contributed by atoms with Crippen LogP contribution >= 0.6 is 11.6 Å². The molecule has 0 saturated heterocycles. The lowest BCUT2D eigenvalue weighted by Crippen LogP contribution is -2.31. The van der Waals surface area contributed by atoms with Gasteiger partial charge >= 0.3 is 5.69 Å². The van der Waals surface area contributed by atoms with Gasteiger partial charge in [0.1, 0.15) is 0 Å². The number of carbonyl (C=O) groups excluding carboxylic acids is 1. The molecule has 1 unspecified atom stereocenters. The van der Waals surface area contributed by atoms with Crippen LogP contribution < -0.4 is 10.1 Å². The highest BCUT2D eigenvalue weighted by Crippen LogP contribution is 2.30. The second-order valence-electron chi connectivity index (χ2n) is 3.88. The van der Waals surface area contributed by atoms with Gasteiger partial charge in [0, 0.05) is 19.7 Å². The fourth-order valence-corrected chi connectivity index (χ4v) is 1.80. The Morgan fingerprint density at radius 3 is 2.75 bits per heavy atom. The van der Waals surface area contributed by atoms with Crippen LogP contribution in [0.4, 0.5) is 5.69 Å². The molecule has 1 rings (SSSR count). The molecule has 0 aliphatic heterocycles. The molecule has 0 heterocycles. The summed E-state index contributed by atoms with van der Waals surface area (Å²) in [4.78, 5) is 22.3. The third kappa shape index (κ3) is 4.07. The van der Waals surface area contributed by atoms with Crippen LogP contribution in [-0.4, -0.2) is 43.6 Å². The van der Waals surface area contributed by atoms with Gasteiger partial charge in [-0.05, 0) is 6.07 Å². The van der Waals surface area contributed by atoms with Crippen molar-refractivity contribution in [2.75, 3.05) is 27.4 Å². The summed E-state index contributed by atoms with van der Waals surface area (Å²) in [5.74, 6) is -0.569. The Morgan fingerprint density at radius 1 is 1.50 bits per heavy atom. The summed E-state index contributed by atoms with van der Waals surface area (Å²) in [6.45, 7) is 0.466. The predicted octanol–water partition coefficient (Wildman–Crippen LogP) is 1.59. The van der Waals surface area contributed by atoms with Crippen molar-refractivity contribution >= 4 is 23.2 Å². The van der Waals surface area contributed by atoms with Crippen molar-refractivity contribution in [1.29, 1.82) is 0 Å². The number of nitrogens with zero attached hydrogens (tertiary/aromatic N) is 1. The molecule has 1 N–H and O–H groups in total. The average molecular weight is 303 g/mol. The Balaban J connectivity index is 2.87. The van der Waals surface area contributed by atoms with Crippen LogP contribution in [0.15, 0.2) is 18.2 Å². The van der Waals surface area contributed by atoms with Gasteiger partial charge in [0.05, 0.1) is 29.6 Å². The molecule has 0 radical (unpaired) electrons. The molecular weight excluding hydrogens is 288 g/mol. The van der Waals surface area contributed by atoms with Crippen LogP contribution in [0.5, 0.6) is 5.75 Å². The zero-order chi connectivity index (χ0) is 15.1. The second-order valence-corrected chi connectivity index (χ2v) is 4.49. The van der Waals surface area contributed by atoms with Gasteiger partial charge in [0.15, 0.2) is 0 Å². The van der Waals surface area contributed by atoms with Gasteiger partial charge < -0.3 is 14.8 Å². The van der Waals surface area contributed by atoms with Crippen LogP contribution in [0.25, 0.3) is 0 Å². The van der Waals surface area contributed by atoms with Gasteiger partial charge in [-0.3, -0.25) is 14.9 Å². The van der Waals surface area contributed by atoms with Crippen LogP contribution in [0.1, 0.15) is 10.4 Å². The van der Waals surface area contributed by atoms with Crippen molar-refractivity contribution in [2.24, 2.45) is 0 Å². The Morgan fingerprint density at radius 2 is 2.20 bits per heavy atom. The zero-order valence-corrected chi connectivity index (χ0v) is 11.8. The number of halogens is 1. The van der Waals surface area contributed by atoms with Crippen LogP contribution in [0.2, 0.25) is 0 Å². The fraction of sp³-hybridized carbons (Fsp3) is 0.417. The van der Waals surface area contributed by atoms with Crippen LogP contribution in [0.3, 0.4) is 0 Å². The van der Waals surface area contributed by atoms with Gasteiger partial charge in [-0.2, -0.15) is 0 Å². The monoisotopic (exact) mass is 302 g/mol. The average Bonchev–Trinajstić information content (AvgIpc) is 2.44. The van der Waals surface area contributed by atoms with E-state index >= 15 is 0 Å². The van der Waals surface area contributed by atoms with E-state index in [2.05, 4.69) is 5.32 Å². The number of para-hydroxylation sites is 1. The van der Waals surface area contributed by atoms with E-state index in [9.17, 15) is 14.9 Å². The van der Waals surface area contributed by atoms with Crippen LogP contribution in [-0.2, 0) is 4.74 Å². The SMILES string of the molecule is COCC(Cl)CNC(=O)c1cccc([N+](=O)[O-])c1OC. The van der Waals surface area contributed by atoms with E-state index in [0.717, 1.165) is 0 Å². The molecule has 0 bridgehead atoms. The molecule has 1 aromatic carbocycles. The van der Waals surface area contributed by atoms with E-state index < -0.39 is 10.8 Å². The number of nitro groups is 1. The number of carbonyl (C=O) groups is 1. The Hall–Kier alpha value is -1.86. The minimum absolute atomic E-state index is 0.0761. The minimum Gasteiger partial charge on any atom is -0.490 e. The van der Waals surface area contributed by atoms with Crippen molar-refractivity contribution in [1.82, 2.24) is 5.32 Å². The molecule has 0 fully saturated rings. The van der Waals surface area contributed by atoms with E-state index in [-0.39, 0.29) is 35.5 Å². The summed E-state index contributed by atoms with van der Waals surface area (Å²) in [7, 11) is 2.77. The number of nitro benzene ring substituents is 1. The summed E-state index contributed by atoms with van der Waals surface area (Å²) in [6, 6.07) is 4.13. The largest absolute Gasteiger partial charge is 0.490 e. The molecule has 0 saturated carbocycles. The summed E-state index contributed by atoms with van der Waals surface area (Å²) in [5.41, 5.74) is -0.178. The van der Waals surface area contributed by atoms with Crippen LogP contribution in [0, 0.1) is 10.1 Å². The third-order valence-corrected chi connectivity index (χ3v) is 2.75. The number of benzene rings is 1. The van der Waals surface area contributed by atoms with Gasteiger partial charge in [0.25, 0.3) is 5.91 Å². The second kappa shape index (κ2) is 7.66. The van der Waals surface area contributed by atoms with Gasteiger partial charge in [0.2, 0.25) is 5.75 Å². The number of ether oxygens (including phenoxy) is 2. The summed E-state index contributed by atoms with van der Waals surface area (Å²) in [6.07, 6.45) is 0. The fourth-order valence-electron chi connectivity index (χ4n) is 1.60. The lowest BCUT2D eigenvalue weighted by Gasteiger charge is -2.12. The predicted molar refractivity (Wildman–Crippen MR) is 73.5 cm³/mol. The summed E-state index contributed by atoms with van der Waals surface area (Å²) >= 11 is 5.89. The Labute approximate surface area is 121 Å². The van der Waals surface area contributed by atoms with E-state index in [4.69, 9.17) is 21.1 Å². The highest BCUT2D eigenvalue weighted by atomic mass is 35.5. The number of amides is 1. The maximum Gasteiger partial charge on any atom is 0.311 e. The molecule has 1 atom stereocenters. The quantitative estimate of drug-likeness (QED) is 0.469. The molecule has 0 aliphatic carbocycles. The van der Waals surface area contributed by atoms with Crippen molar-refractivity contribution < 1.29 is 19.2 Å². The first-order valence-corrected chi connectivity index (χ1v) is 6.17. The van der Waals surface area contributed by atoms with E-state index in [1.165, 1.54) is 32.4 Å². The molecule has 0 aromatic heterocycles. The maximum atomic E-state index is 12.0. The molecule has 20 heavy (non-hydrogen) atoms. The van der Waals surface area contributed by atoms with Crippen molar-refractivity contribution in [3.8, 4) is 5.75 Å². The molecule has 110 valence electrons. The maximum absolute atomic E-state index is 12.0. The lowest BCUT2D eigenvalue weighted by molar-refractivity contribution is -0.385. The summed E-state index contributed by atoms with van der Waals surface area (Å²) in [5, 5.41) is 13.1. The smallest absolute Gasteiger partial charge is 0.311 e. The number of methoxy groups -OCH3 is 2. The molecule has 8 heteroatoms. The zero-order valence-electron chi connectivity index (χ0n) is 11.1. The molecule has 0 aliphatic rings. The minimum atomic E-state index is -0.606. The molecule has 1 amide bonds. The Bertz CT molecular complexity index is 495. The number of hydrogen-bond donors (Lipinski definition) is 1. The first kappa shape index (κ1) is 16.2. The van der Waals surface area contributed by atoms with Crippen molar-refractivity contribution in [3.05, 3.63) is 33.9 Å². The topological polar surface area (TPSA) is 90.7 Å². The first-order chi connectivity index (χ1) is 9.51. The van der Waals surface area contributed by atoms with Gasteiger partial charge in [-0.15, -0.1) is 11.6 Å². The normalized spacial score (nSPS) is 11.8. The van der Waals surface area contributed by atoms with Crippen molar-refractivity contribution in [3.63, 3.8) is 0 Å². The molecule has 0 spiro atoms. The number of nitrogens with one attached hydrogen (secondary N) is 1. The molecular formula is C12H15ClN2O5. The van der Waals surface area contributed by atoms with Gasteiger partial charge in [-0.25, -0.2) is 0 Å². The Kier molecular flexibility index (Phi) is 6.20. The first-order valence-electron chi connectivity index (χ1n) is 5.73. The molecule has 7 nitrogen and oxygen atoms in total. The van der Waals surface area contributed by atoms with E-state index in [1.54, 1.807) is 0 Å². The lowest BCUT2D eigenvalue weighted by atomic mass is 10.1. The summed E-state index contributed by atoms with van der Waals surface area (Å²) < 4.78 is 9.79. The number of alkyl halides is 1. The van der Waals surface area contributed by atoms with E-state index in [0.29, 0.717) is 0 Å². The standard InChI is InChI=1S/C12H15ClN2O5/c1-19-7-8(13)6-14-12(16)9-4-3-5-10(15(17)18)11(9)20-2/h3-5,8H,6-7H2,1-2H3,(H,14,16).